The molecule has 2 amide bonds. The summed E-state index contributed by atoms with van der Waals surface area (Å²) >= 11 is 5.81. The number of anilines is 1. The molecule has 1 aromatic rings. The predicted octanol–water partition coefficient (Wildman–Crippen LogP) is 2.75. The van der Waals surface area contributed by atoms with Crippen molar-refractivity contribution in [3.63, 3.8) is 0 Å². The quantitative estimate of drug-likeness (QED) is 0.902. The van der Waals surface area contributed by atoms with E-state index in [4.69, 9.17) is 11.6 Å². The molecule has 0 saturated carbocycles. The van der Waals surface area contributed by atoms with E-state index >= 15 is 0 Å². The van der Waals surface area contributed by atoms with Gasteiger partial charge < -0.3 is 15.0 Å². The van der Waals surface area contributed by atoms with Gasteiger partial charge in [-0.15, -0.1) is 0 Å². The number of carbonyl (C=O) groups is 2. The third-order valence-electron chi connectivity index (χ3n) is 3.38. The van der Waals surface area contributed by atoms with E-state index in [2.05, 4.69) is 10.1 Å². The monoisotopic (exact) mass is 332 g/mol. The van der Waals surface area contributed by atoms with E-state index in [1.807, 2.05) is 6.92 Å². The number of nitrogens with one attached hydrogen (secondary N) is 1. The lowest BCUT2D eigenvalue weighted by molar-refractivity contribution is -0.128. The molecule has 2 rings (SSSR count). The van der Waals surface area contributed by atoms with Gasteiger partial charge in [-0.25, -0.2) is 0 Å². The summed E-state index contributed by atoms with van der Waals surface area (Å²) < 4.78 is 28.5. The minimum absolute atomic E-state index is 0.0317. The molecular formula is C14H15ClF2N2O3. The van der Waals surface area contributed by atoms with Gasteiger partial charge in [-0.1, -0.05) is 11.6 Å². The van der Waals surface area contributed by atoms with Crippen molar-refractivity contribution in [1.29, 1.82) is 0 Å². The number of nitrogens with zero attached hydrogens (tertiary/aromatic N) is 1. The number of benzene rings is 1. The van der Waals surface area contributed by atoms with E-state index in [0.29, 0.717) is 18.8 Å². The highest BCUT2D eigenvalue weighted by Gasteiger charge is 2.33. The fourth-order valence-corrected chi connectivity index (χ4v) is 2.49. The van der Waals surface area contributed by atoms with Gasteiger partial charge in [-0.2, -0.15) is 8.78 Å². The topological polar surface area (TPSA) is 58.6 Å². The van der Waals surface area contributed by atoms with Gasteiger partial charge >= 0.3 is 6.61 Å². The first-order valence-corrected chi connectivity index (χ1v) is 7.11. The van der Waals surface area contributed by atoms with Crippen molar-refractivity contribution < 1.29 is 23.1 Å². The van der Waals surface area contributed by atoms with Crippen LogP contribution >= 0.6 is 11.6 Å². The SMILES string of the molecule is CCN1CC(C(=O)Nc2ccc(OC(F)F)c(Cl)c2)CC1=O. The molecule has 1 aliphatic rings. The highest BCUT2D eigenvalue weighted by atomic mass is 35.5. The molecule has 1 N–H and O–H groups in total. The molecule has 1 aliphatic heterocycles. The number of amides is 2. The first-order chi connectivity index (χ1) is 10.4. The summed E-state index contributed by atoms with van der Waals surface area (Å²) in [5.74, 6) is -0.949. The summed E-state index contributed by atoms with van der Waals surface area (Å²) in [7, 11) is 0. The second-order valence-corrected chi connectivity index (χ2v) is 5.25. The van der Waals surface area contributed by atoms with Crippen molar-refractivity contribution in [2.45, 2.75) is 20.0 Å². The van der Waals surface area contributed by atoms with Crippen LogP contribution in [0.2, 0.25) is 5.02 Å². The molecule has 8 heteroatoms. The van der Waals surface area contributed by atoms with Crippen LogP contribution in [0.5, 0.6) is 5.75 Å². The van der Waals surface area contributed by atoms with Crippen LogP contribution in [0.15, 0.2) is 18.2 Å². The van der Waals surface area contributed by atoms with Gasteiger partial charge in [0.1, 0.15) is 5.75 Å². The molecule has 22 heavy (non-hydrogen) atoms. The highest BCUT2D eigenvalue weighted by molar-refractivity contribution is 6.32. The molecule has 0 spiro atoms. The third-order valence-corrected chi connectivity index (χ3v) is 3.68. The number of halogens is 3. The van der Waals surface area contributed by atoms with E-state index in [1.54, 1.807) is 4.90 Å². The Morgan fingerprint density at radius 3 is 2.82 bits per heavy atom. The maximum absolute atomic E-state index is 12.1. The average Bonchev–Trinajstić information content (AvgIpc) is 2.83. The van der Waals surface area contributed by atoms with Crippen LogP contribution in [-0.4, -0.2) is 36.4 Å². The zero-order chi connectivity index (χ0) is 16.3. The molecule has 1 atom stereocenters. The Hall–Kier alpha value is -1.89. The molecule has 0 aromatic heterocycles. The maximum atomic E-state index is 12.1. The summed E-state index contributed by atoms with van der Waals surface area (Å²) in [6.07, 6.45) is 0.167. The number of alkyl halides is 2. The number of ether oxygens (including phenoxy) is 1. The van der Waals surface area contributed by atoms with Gasteiger partial charge in [0, 0.05) is 25.2 Å². The first-order valence-electron chi connectivity index (χ1n) is 6.73. The summed E-state index contributed by atoms with van der Waals surface area (Å²) in [5, 5.41) is 2.59. The van der Waals surface area contributed by atoms with Crippen LogP contribution in [0.1, 0.15) is 13.3 Å². The van der Waals surface area contributed by atoms with Gasteiger partial charge in [0.2, 0.25) is 11.8 Å². The molecule has 1 saturated heterocycles. The van der Waals surface area contributed by atoms with E-state index < -0.39 is 12.5 Å². The van der Waals surface area contributed by atoms with E-state index in [-0.39, 0.29) is 29.0 Å². The molecule has 0 aliphatic carbocycles. The molecule has 120 valence electrons. The maximum Gasteiger partial charge on any atom is 0.387 e. The molecule has 0 bridgehead atoms. The predicted molar refractivity (Wildman–Crippen MR) is 77.1 cm³/mol. The van der Waals surface area contributed by atoms with Crippen molar-refractivity contribution in [2.75, 3.05) is 18.4 Å². The van der Waals surface area contributed by atoms with Crippen LogP contribution in [0.25, 0.3) is 0 Å². The molecule has 1 unspecified atom stereocenters. The Bertz CT molecular complexity index is 583. The van der Waals surface area contributed by atoms with Crippen LogP contribution < -0.4 is 10.1 Å². The molecule has 0 radical (unpaired) electrons. The van der Waals surface area contributed by atoms with Gasteiger partial charge in [-0.05, 0) is 25.1 Å². The van der Waals surface area contributed by atoms with E-state index in [1.165, 1.54) is 18.2 Å². The number of likely N-dealkylation sites (tertiary alicyclic amines) is 1. The second-order valence-electron chi connectivity index (χ2n) is 4.85. The van der Waals surface area contributed by atoms with Crippen molar-refractivity contribution in [3.8, 4) is 5.75 Å². The molecule has 1 heterocycles. The van der Waals surface area contributed by atoms with Crippen molar-refractivity contribution >= 4 is 29.1 Å². The molecular weight excluding hydrogens is 318 g/mol. The summed E-state index contributed by atoms with van der Waals surface area (Å²) in [6.45, 7) is -0.183. The molecule has 5 nitrogen and oxygen atoms in total. The third kappa shape index (κ3) is 3.85. The molecule has 1 fully saturated rings. The Morgan fingerprint density at radius 2 is 2.27 bits per heavy atom. The fourth-order valence-electron chi connectivity index (χ4n) is 2.27. The van der Waals surface area contributed by atoms with Crippen LogP contribution in [0.3, 0.4) is 0 Å². The van der Waals surface area contributed by atoms with E-state index in [9.17, 15) is 18.4 Å². The van der Waals surface area contributed by atoms with Crippen molar-refractivity contribution in [3.05, 3.63) is 23.2 Å². The largest absolute Gasteiger partial charge is 0.433 e. The minimum atomic E-state index is -2.97. The molecule has 1 aromatic carbocycles. The Labute approximate surface area is 131 Å². The lowest BCUT2D eigenvalue weighted by atomic mass is 10.1. The zero-order valence-corrected chi connectivity index (χ0v) is 12.6. The summed E-state index contributed by atoms with van der Waals surface area (Å²) in [4.78, 5) is 25.3. The Morgan fingerprint density at radius 1 is 1.55 bits per heavy atom. The smallest absolute Gasteiger partial charge is 0.387 e. The number of rotatable bonds is 5. The van der Waals surface area contributed by atoms with Gasteiger partial charge in [0.15, 0.2) is 0 Å². The lowest BCUT2D eigenvalue weighted by Crippen LogP contribution is -2.28. The number of hydrogen-bond acceptors (Lipinski definition) is 3. The zero-order valence-electron chi connectivity index (χ0n) is 11.8. The number of carbonyl (C=O) groups excluding carboxylic acids is 2. The van der Waals surface area contributed by atoms with Crippen LogP contribution in [-0.2, 0) is 9.59 Å². The van der Waals surface area contributed by atoms with Gasteiger partial charge in [0.25, 0.3) is 0 Å². The Kier molecular flexibility index (Phi) is 5.18. The highest BCUT2D eigenvalue weighted by Crippen LogP contribution is 2.29. The average molecular weight is 333 g/mol. The summed E-state index contributed by atoms with van der Waals surface area (Å²) in [6, 6.07) is 3.99. The van der Waals surface area contributed by atoms with Gasteiger partial charge in [0.05, 0.1) is 10.9 Å². The minimum Gasteiger partial charge on any atom is -0.433 e. The fraction of sp³-hybridized carbons (Fsp3) is 0.429. The van der Waals surface area contributed by atoms with Crippen molar-refractivity contribution in [1.82, 2.24) is 4.90 Å². The van der Waals surface area contributed by atoms with Crippen LogP contribution in [0, 0.1) is 5.92 Å². The number of hydrogen-bond donors (Lipinski definition) is 1. The van der Waals surface area contributed by atoms with Gasteiger partial charge in [-0.3, -0.25) is 9.59 Å². The first kappa shape index (κ1) is 16.5. The summed E-state index contributed by atoms with van der Waals surface area (Å²) in [5.41, 5.74) is 0.360. The van der Waals surface area contributed by atoms with E-state index in [0.717, 1.165) is 0 Å². The second kappa shape index (κ2) is 6.91. The van der Waals surface area contributed by atoms with Crippen LogP contribution in [0.4, 0.5) is 14.5 Å². The Balaban J connectivity index is 2.00. The van der Waals surface area contributed by atoms with Crippen molar-refractivity contribution in [2.24, 2.45) is 5.92 Å². The lowest BCUT2D eigenvalue weighted by Gasteiger charge is -2.14. The normalized spacial score (nSPS) is 18.0. The standard InChI is InChI=1S/C14H15ClF2N2O3/c1-2-19-7-8(5-12(19)20)13(21)18-9-3-4-11(10(15)6-9)22-14(16)17/h3-4,6,8,14H,2,5,7H2,1H3,(H,18,21).